The van der Waals surface area contributed by atoms with E-state index in [0.29, 0.717) is 45.3 Å². The highest BCUT2D eigenvalue weighted by molar-refractivity contribution is 7.89. The molecule has 21 heavy (non-hydrogen) atoms. The predicted octanol–water partition coefficient (Wildman–Crippen LogP) is 0.794. The van der Waals surface area contributed by atoms with Crippen LogP contribution in [0.3, 0.4) is 0 Å². The normalized spacial score (nSPS) is 23.0. The van der Waals surface area contributed by atoms with Crippen LogP contribution in [0.5, 0.6) is 5.75 Å². The van der Waals surface area contributed by atoms with Crippen LogP contribution in [0.25, 0.3) is 0 Å². The SMILES string of the molecule is Cc1ccc(S(=O)(=O)N2CCOCC2)c(OC[C@@H]2CO2)c1. The highest BCUT2D eigenvalue weighted by Gasteiger charge is 2.30. The van der Waals surface area contributed by atoms with Crippen molar-refractivity contribution in [1.29, 1.82) is 0 Å². The number of benzene rings is 1. The summed E-state index contributed by atoms with van der Waals surface area (Å²) in [7, 11) is -3.55. The Morgan fingerprint density at radius 3 is 2.71 bits per heavy atom. The van der Waals surface area contributed by atoms with E-state index in [1.807, 2.05) is 6.92 Å². The molecule has 6 nitrogen and oxygen atoms in total. The minimum absolute atomic E-state index is 0.0875. The van der Waals surface area contributed by atoms with Gasteiger partial charge in [0.15, 0.2) is 0 Å². The van der Waals surface area contributed by atoms with Crippen molar-refractivity contribution in [3.05, 3.63) is 23.8 Å². The molecule has 2 saturated heterocycles. The monoisotopic (exact) mass is 313 g/mol. The van der Waals surface area contributed by atoms with Crippen molar-refractivity contribution < 1.29 is 22.6 Å². The summed E-state index contributed by atoms with van der Waals surface area (Å²) >= 11 is 0. The minimum atomic E-state index is -3.55. The number of epoxide rings is 1. The lowest BCUT2D eigenvalue weighted by atomic mass is 10.2. The Morgan fingerprint density at radius 2 is 2.05 bits per heavy atom. The van der Waals surface area contributed by atoms with Crippen LogP contribution in [-0.4, -0.2) is 58.3 Å². The largest absolute Gasteiger partial charge is 0.489 e. The summed E-state index contributed by atoms with van der Waals surface area (Å²) in [5.41, 5.74) is 0.961. The summed E-state index contributed by atoms with van der Waals surface area (Å²) in [6.45, 7) is 4.58. The average molecular weight is 313 g/mol. The van der Waals surface area contributed by atoms with Crippen molar-refractivity contribution in [2.75, 3.05) is 39.5 Å². The number of hydrogen-bond donors (Lipinski definition) is 0. The molecule has 1 aromatic rings. The van der Waals surface area contributed by atoms with Gasteiger partial charge in [0.25, 0.3) is 0 Å². The Balaban J connectivity index is 1.87. The van der Waals surface area contributed by atoms with Crippen LogP contribution < -0.4 is 4.74 Å². The molecule has 2 fully saturated rings. The van der Waals surface area contributed by atoms with E-state index >= 15 is 0 Å². The molecule has 2 heterocycles. The first kappa shape index (κ1) is 14.8. The van der Waals surface area contributed by atoms with Gasteiger partial charge in [-0.05, 0) is 24.6 Å². The van der Waals surface area contributed by atoms with Gasteiger partial charge in [0.1, 0.15) is 23.4 Å². The Hall–Kier alpha value is -1.15. The summed E-state index contributed by atoms with van der Waals surface area (Å²) in [5.74, 6) is 0.400. The first-order valence-electron chi connectivity index (χ1n) is 7.00. The van der Waals surface area contributed by atoms with Crippen LogP contribution in [0.4, 0.5) is 0 Å². The van der Waals surface area contributed by atoms with E-state index in [1.54, 1.807) is 18.2 Å². The molecule has 2 aliphatic rings. The van der Waals surface area contributed by atoms with E-state index < -0.39 is 10.0 Å². The molecule has 0 amide bonds. The van der Waals surface area contributed by atoms with Gasteiger partial charge in [-0.3, -0.25) is 0 Å². The fourth-order valence-corrected chi connectivity index (χ4v) is 3.73. The van der Waals surface area contributed by atoms with Crippen molar-refractivity contribution >= 4 is 10.0 Å². The summed E-state index contributed by atoms with van der Waals surface area (Å²) in [6.07, 6.45) is 0.0875. The molecule has 0 spiro atoms. The van der Waals surface area contributed by atoms with Crippen molar-refractivity contribution in [1.82, 2.24) is 4.31 Å². The fourth-order valence-electron chi connectivity index (χ4n) is 2.21. The molecule has 0 bridgehead atoms. The summed E-state index contributed by atoms with van der Waals surface area (Å²) in [5, 5.41) is 0. The maximum absolute atomic E-state index is 12.7. The minimum Gasteiger partial charge on any atom is -0.489 e. The number of nitrogens with zero attached hydrogens (tertiary/aromatic N) is 1. The highest BCUT2D eigenvalue weighted by Crippen LogP contribution is 2.29. The van der Waals surface area contributed by atoms with Crippen molar-refractivity contribution in [2.24, 2.45) is 0 Å². The van der Waals surface area contributed by atoms with Crippen LogP contribution in [-0.2, 0) is 19.5 Å². The zero-order valence-electron chi connectivity index (χ0n) is 11.9. The maximum atomic E-state index is 12.7. The molecule has 1 aromatic carbocycles. The lowest BCUT2D eigenvalue weighted by Crippen LogP contribution is -2.40. The van der Waals surface area contributed by atoms with Gasteiger partial charge < -0.3 is 14.2 Å². The van der Waals surface area contributed by atoms with Gasteiger partial charge in [0.05, 0.1) is 19.8 Å². The van der Waals surface area contributed by atoms with E-state index in [4.69, 9.17) is 14.2 Å². The molecule has 116 valence electrons. The van der Waals surface area contributed by atoms with Crippen molar-refractivity contribution in [3.8, 4) is 5.75 Å². The van der Waals surface area contributed by atoms with E-state index in [2.05, 4.69) is 0 Å². The Labute approximate surface area is 124 Å². The number of ether oxygens (including phenoxy) is 3. The molecule has 3 rings (SSSR count). The van der Waals surface area contributed by atoms with Crippen LogP contribution in [0.15, 0.2) is 23.1 Å². The quantitative estimate of drug-likeness (QED) is 0.752. The van der Waals surface area contributed by atoms with E-state index in [0.717, 1.165) is 5.56 Å². The van der Waals surface area contributed by atoms with Crippen LogP contribution >= 0.6 is 0 Å². The van der Waals surface area contributed by atoms with Gasteiger partial charge in [-0.25, -0.2) is 8.42 Å². The molecule has 0 unspecified atom stereocenters. The topological polar surface area (TPSA) is 68.4 Å². The predicted molar refractivity (Wildman–Crippen MR) is 76.0 cm³/mol. The van der Waals surface area contributed by atoms with Gasteiger partial charge in [-0.2, -0.15) is 4.31 Å². The molecule has 1 atom stereocenters. The molecule has 0 radical (unpaired) electrons. The molecule has 2 aliphatic heterocycles. The number of sulfonamides is 1. The van der Waals surface area contributed by atoms with Gasteiger partial charge in [-0.15, -0.1) is 0 Å². The van der Waals surface area contributed by atoms with Gasteiger partial charge in [-0.1, -0.05) is 6.07 Å². The molecule has 0 N–H and O–H groups in total. The molecular formula is C14H19NO5S. The van der Waals surface area contributed by atoms with Gasteiger partial charge in [0, 0.05) is 13.1 Å². The summed E-state index contributed by atoms with van der Waals surface area (Å²) < 4.78 is 42.9. The Morgan fingerprint density at radius 1 is 1.33 bits per heavy atom. The average Bonchev–Trinajstić information content (AvgIpc) is 3.30. The van der Waals surface area contributed by atoms with Crippen LogP contribution in [0, 0.1) is 6.92 Å². The zero-order chi connectivity index (χ0) is 14.9. The first-order valence-corrected chi connectivity index (χ1v) is 8.44. The third-order valence-corrected chi connectivity index (χ3v) is 5.45. The second kappa shape index (κ2) is 5.92. The third-order valence-electron chi connectivity index (χ3n) is 3.51. The summed E-state index contributed by atoms with van der Waals surface area (Å²) in [6, 6.07) is 5.16. The van der Waals surface area contributed by atoms with Crippen LogP contribution in [0.1, 0.15) is 5.56 Å². The maximum Gasteiger partial charge on any atom is 0.246 e. The number of aryl methyl sites for hydroxylation is 1. The molecule has 0 aliphatic carbocycles. The van der Waals surface area contributed by atoms with E-state index in [1.165, 1.54) is 4.31 Å². The third kappa shape index (κ3) is 3.37. The number of hydrogen-bond acceptors (Lipinski definition) is 5. The molecule has 7 heteroatoms. The lowest BCUT2D eigenvalue weighted by molar-refractivity contribution is 0.0729. The molecular weight excluding hydrogens is 294 g/mol. The lowest BCUT2D eigenvalue weighted by Gasteiger charge is -2.26. The smallest absolute Gasteiger partial charge is 0.246 e. The van der Waals surface area contributed by atoms with E-state index in [-0.39, 0.29) is 11.0 Å². The summed E-state index contributed by atoms with van der Waals surface area (Å²) in [4.78, 5) is 0.218. The second-order valence-corrected chi connectivity index (χ2v) is 7.14. The van der Waals surface area contributed by atoms with Crippen LogP contribution in [0.2, 0.25) is 0 Å². The fraction of sp³-hybridized carbons (Fsp3) is 0.571. The molecule has 0 saturated carbocycles. The van der Waals surface area contributed by atoms with Gasteiger partial charge >= 0.3 is 0 Å². The number of morpholine rings is 1. The Bertz CT molecular complexity index is 606. The van der Waals surface area contributed by atoms with Gasteiger partial charge in [0.2, 0.25) is 10.0 Å². The van der Waals surface area contributed by atoms with Crippen molar-refractivity contribution in [2.45, 2.75) is 17.9 Å². The molecule has 0 aromatic heterocycles. The standard InChI is InChI=1S/C14H19NO5S/c1-11-2-3-14(13(8-11)20-10-12-9-19-12)21(16,17)15-4-6-18-7-5-15/h2-3,8,12H,4-7,9-10H2,1H3/t12-/m0/s1. The Kier molecular flexibility index (Phi) is 4.17. The second-order valence-electron chi connectivity index (χ2n) is 5.23. The van der Waals surface area contributed by atoms with Crippen molar-refractivity contribution in [3.63, 3.8) is 0 Å². The first-order chi connectivity index (χ1) is 10.1. The zero-order valence-corrected chi connectivity index (χ0v) is 12.8. The highest BCUT2D eigenvalue weighted by atomic mass is 32.2. The van der Waals surface area contributed by atoms with E-state index in [9.17, 15) is 8.42 Å². The number of rotatable bonds is 5.